The van der Waals surface area contributed by atoms with E-state index in [9.17, 15) is 4.39 Å². The quantitative estimate of drug-likeness (QED) is 0.871. The van der Waals surface area contributed by atoms with Crippen LogP contribution in [0.1, 0.15) is 37.7 Å². The number of benzene rings is 1. The lowest BCUT2D eigenvalue weighted by atomic mass is 9.80. The topological polar surface area (TPSA) is 15.3 Å². The summed E-state index contributed by atoms with van der Waals surface area (Å²) in [6.45, 7) is 1.78. The van der Waals surface area contributed by atoms with E-state index in [1.165, 1.54) is 38.2 Å². The molecule has 0 atom stereocenters. The Labute approximate surface area is 129 Å². The van der Waals surface area contributed by atoms with Crippen molar-refractivity contribution < 1.29 is 4.39 Å². The first-order chi connectivity index (χ1) is 9.53. The summed E-state index contributed by atoms with van der Waals surface area (Å²) in [5, 5.41) is 3.56. The first kappa shape index (κ1) is 15.9. The SMILES string of the molecule is CN(C)C1(CNCc2ccc(F)c(Br)c2)CCCCC1. The molecule has 112 valence electrons. The van der Waals surface area contributed by atoms with Crippen LogP contribution in [-0.4, -0.2) is 31.1 Å². The van der Waals surface area contributed by atoms with Gasteiger partial charge in [0.05, 0.1) is 4.47 Å². The van der Waals surface area contributed by atoms with Crippen molar-refractivity contribution >= 4 is 15.9 Å². The molecule has 1 saturated carbocycles. The highest BCUT2D eigenvalue weighted by atomic mass is 79.9. The van der Waals surface area contributed by atoms with Crippen LogP contribution in [0.15, 0.2) is 22.7 Å². The van der Waals surface area contributed by atoms with Gasteiger partial charge < -0.3 is 10.2 Å². The van der Waals surface area contributed by atoms with Gasteiger partial charge in [0.1, 0.15) is 5.82 Å². The first-order valence-corrected chi connectivity index (χ1v) is 8.15. The van der Waals surface area contributed by atoms with Crippen molar-refractivity contribution in [2.75, 3.05) is 20.6 Å². The Morgan fingerprint density at radius 1 is 1.25 bits per heavy atom. The Morgan fingerprint density at radius 2 is 1.95 bits per heavy atom. The first-order valence-electron chi connectivity index (χ1n) is 7.36. The van der Waals surface area contributed by atoms with Crippen molar-refractivity contribution in [3.63, 3.8) is 0 Å². The van der Waals surface area contributed by atoms with E-state index < -0.39 is 0 Å². The molecule has 0 heterocycles. The van der Waals surface area contributed by atoms with Gasteiger partial charge >= 0.3 is 0 Å². The van der Waals surface area contributed by atoms with Gasteiger partial charge in [-0.1, -0.05) is 25.3 Å². The summed E-state index contributed by atoms with van der Waals surface area (Å²) in [7, 11) is 4.36. The number of hydrogen-bond acceptors (Lipinski definition) is 2. The van der Waals surface area contributed by atoms with Gasteiger partial charge in [-0.2, -0.15) is 0 Å². The minimum absolute atomic E-state index is 0.203. The fourth-order valence-electron chi connectivity index (χ4n) is 3.08. The van der Waals surface area contributed by atoms with E-state index in [2.05, 4.69) is 40.2 Å². The smallest absolute Gasteiger partial charge is 0.137 e. The fourth-order valence-corrected chi connectivity index (χ4v) is 3.51. The van der Waals surface area contributed by atoms with E-state index in [1.807, 2.05) is 12.1 Å². The maximum atomic E-state index is 13.2. The van der Waals surface area contributed by atoms with Crippen LogP contribution < -0.4 is 5.32 Å². The molecule has 1 aromatic carbocycles. The van der Waals surface area contributed by atoms with Gasteiger partial charge in [0.25, 0.3) is 0 Å². The molecule has 1 aromatic rings. The van der Waals surface area contributed by atoms with E-state index >= 15 is 0 Å². The average Bonchev–Trinajstić information content (AvgIpc) is 2.44. The van der Waals surface area contributed by atoms with Crippen LogP contribution in [0.4, 0.5) is 4.39 Å². The molecule has 0 bridgehead atoms. The Morgan fingerprint density at radius 3 is 2.55 bits per heavy atom. The molecule has 20 heavy (non-hydrogen) atoms. The standard InChI is InChI=1S/C16H24BrFN2/c1-20(2)16(8-4-3-5-9-16)12-19-11-13-6-7-15(18)14(17)10-13/h6-7,10,19H,3-5,8-9,11-12H2,1-2H3. The molecule has 0 aliphatic heterocycles. The molecular weight excluding hydrogens is 319 g/mol. The minimum Gasteiger partial charge on any atom is -0.311 e. The fraction of sp³-hybridized carbons (Fsp3) is 0.625. The molecule has 4 heteroatoms. The van der Waals surface area contributed by atoms with Gasteiger partial charge in [0.15, 0.2) is 0 Å². The molecule has 0 saturated heterocycles. The van der Waals surface area contributed by atoms with Crippen LogP contribution in [0.25, 0.3) is 0 Å². The van der Waals surface area contributed by atoms with Crippen molar-refractivity contribution in [3.05, 3.63) is 34.1 Å². The van der Waals surface area contributed by atoms with Crippen LogP contribution in [0.3, 0.4) is 0 Å². The lowest BCUT2D eigenvalue weighted by Crippen LogP contribution is -2.52. The summed E-state index contributed by atoms with van der Waals surface area (Å²) in [5.41, 5.74) is 1.40. The maximum Gasteiger partial charge on any atom is 0.137 e. The molecule has 0 amide bonds. The predicted molar refractivity (Wildman–Crippen MR) is 85.3 cm³/mol. The Kier molecular flexibility index (Phi) is 5.58. The van der Waals surface area contributed by atoms with Gasteiger partial charge in [0.2, 0.25) is 0 Å². The van der Waals surface area contributed by atoms with E-state index in [-0.39, 0.29) is 11.4 Å². The molecule has 1 aliphatic carbocycles. The number of nitrogens with one attached hydrogen (secondary N) is 1. The van der Waals surface area contributed by atoms with Crippen LogP contribution in [0.2, 0.25) is 0 Å². The summed E-state index contributed by atoms with van der Waals surface area (Å²) in [4.78, 5) is 2.37. The molecule has 1 fully saturated rings. The van der Waals surface area contributed by atoms with Gasteiger partial charge in [-0.25, -0.2) is 4.39 Å². The van der Waals surface area contributed by atoms with Crippen molar-refractivity contribution in [3.8, 4) is 0 Å². The molecule has 2 rings (SSSR count). The molecule has 2 nitrogen and oxygen atoms in total. The summed E-state index contributed by atoms with van der Waals surface area (Å²) in [6, 6.07) is 5.21. The number of likely N-dealkylation sites (N-methyl/N-ethyl adjacent to an activating group) is 1. The van der Waals surface area contributed by atoms with Crippen LogP contribution in [0.5, 0.6) is 0 Å². The van der Waals surface area contributed by atoms with E-state index in [4.69, 9.17) is 0 Å². The second kappa shape index (κ2) is 7.01. The highest BCUT2D eigenvalue weighted by molar-refractivity contribution is 9.10. The highest BCUT2D eigenvalue weighted by Gasteiger charge is 2.33. The minimum atomic E-state index is -0.203. The summed E-state index contributed by atoms with van der Waals surface area (Å²) < 4.78 is 13.7. The molecule has 1 aliphatic rings. The zero-order valence-electron chi connectivity index (χ0n) is 12.4. The Hall–Kier alpha value is -0.450. The summed E-state index contributed by atoms with van der Waals surface area (Å²) >= 11 is 3.24. The van der Waals surface area contributed by atoms with Crippen molar-refractivity contribution in [1.29, 1.82) is 0 Å². The molecule has 0 radical (unpaired) electrons. The Bertz CT molecular complexity index is 442. The third-order valence-corrected chi connectivity index (χ3v) is 5.11. The lowest BCUT2D eigenvalue weighted by Gasteiger charge is -2.43. The molecule has 0 aromatic heterocycles. The largest absolute Gasteiger partial charge is 0.311 e. The number of nitrogens with zero attached hydrogens (tertiary/aromatic N) is 1. The number of rotatable bonds is 5. The second-order valence-corrected chi connectivity index (χ2v) is 6.89. The van der Waals surface area contributed by atoms with Gasteiger partial charge in [-0.05, 0) is 60.6 Å². The van der Waals surface area contributed by atoms with Crippen LogP contribution >= 0.6 is 15.9 Å². The number of halogens is 2. The maximum absolute atomic E-state index is 13.2. The van der Waals surface area contributed by atoms with Gasteiger partial charge in [-0.3, -0.25) is 0 Å². The predicted octanol–water partition coefficient (Wildman–Crippen LogP) is 3.94. The van der Waals surface area contributed by atoms with E-state index in [0.717, 1.165) is 18.7 Å². The van der Waals surface area contributed by atoms with Crippen molar-refractivity contribution in [2.24, 2.45) is 0 Å². The van der Waals surface area contributed by atoms with Gasteiger partial charge in [0, 0.05) is 18.6 Å². The zero-order chi connectivity index (χ0) is 14.6. The van der Waals surface area contributed by atoms with Crippen LogP contribution in [0, 0.1) is 5.82 Å². The zero-order valence-corrected chi connectivity index (χ0v) is 14.0. The van der Waals surface area contributed by atoms with Crippen molar-refractivity contribution in [1.82, 2.24) is 10.2 Å². The van der Waals surface area contributed by atoms with Crippen LogP contribution in [-0.2, 0) is 6.54 Å². The average molecular weight is 343 g/mol. The molecule has 0 spiro atoms. The van der Waals surface area contributed by atoms with Crippen molar-refractivity contribution in [2.45, 2.75) is 44.2 Å². The summed E-state index contributed by atoms with van der Waals surface area (Å²) in [5.74, 6) is -0.203. The third kappa shape index (κ3) is 3.80. The number of hydrogen-bond donors (Lipinski definition) is 1. The molecule has 0 unspecified atom stereocenters. The summed E-state index contributed by atoms with van der Waals surface area (Å²) in [6.07, 6.45) is 6.53. The normalized spacial score (nSPS) is 18.4. The van der Waals surface area contributed by atoms with E-state index in [0.29, 0.717) is 4.47 Å². The monoisotopic (exact) mass is 342 g/mol. The Balaban J connectivity index is 1.91. The van der Waals surface area contributed by atoms with Gasteiger partial charge in [-0.15, -0.1) is 0 Å². The highest BCUT2D eigenvalue weighted by Crippen LogP contribution is 2.31. The molecular formula is C16H24BrFN2. The van der Waals surface area contributed by atoms with E-state index in [1.54, 1.807) is 0 Å². The third-order valence-electron chi connectivity index (χ3n) is 4.50. The molecule has 1 N–H and O–H groups in total. The lowest BCUT2D eigenvalue weighted by molar-refractivity contribution is 0.0984. The second-order valence-electron chi connectivity index (χ2n) is 6.03.